The van der Waals surface area contributed by atoms with Crippen molar-refractivity contribution in [3.63, 3.8) is 0 Å². The average Bonchev–Trinajstić information content (AvgIpc) is 2.46. The molecule has 0 aliphatic heterocycles. The SMILES string of the molecule is O=C(NC(=S)NCc1cccnc1)c1cccc(Br)c1. The summed E-state index contributed by atoms with van der Waals surface area (Å²) in [5, 5.41) is 5.89. The van der Waals surface area contributed by atoms with Crippen LogP contribution in [-0.4, -0.2) is 16.0 Å². The van der Waals surface area contributed by atoms with E-state index >= 15 is 0 Å². The number of carbonyl (C=O) groups excluding carboxylic acids is 1. The minimum Gasteiger partial charge on any atom is -0.358 e. The molecule has 0 bridgehead atoms. The summed E-state index contributed by atoms with van der Waals surface area (Å²) in [5.41, 5.74) is 1.54. The van der Waals surface area contributed by atoms with Gasteiger partial charge in [-0.1, -0.05) is 28.1 Å². The molecule has 0 aliphatic carbocycles. The number of nitrogens with zero attached hydrogens (tertiary/aromatic N) is 1. The largest absolute Gasteiger partial charge is 0.358 e. The lowest BCUT2D eigenvalue weighted by molar-refractivity contribution is 0.0976. The normalized spacial score (nSPS) is 9.85. The van der Waals surface area contributed by atoms with Crippen LogP contribution in [-0.2, 0) is 6.54 Å². The molecule has 0 unspecified atom stereocenters. The second-order valence-corrected chi connectivity index (χ2v) is 5.33. The number of aromatic nitrogens is 1. The van der Waals surface area contributed by atoms with Gasteiger partial charge in [0, 0.05) is 29.0 Å². The summed E-state index contributed by atoms with van der Waals surface area (Å²) < 4.78 is 0.847. The van der Waals surface area contributed by atoms with E-state index in [9.17, 15) is 4.79 Å². The number of benzene rings is 1. The lowest BCUT2D eigenvalue weighted by atomic mass is 10.2. The zero-order valence-electron chi connectivity index (χ0n) is 10.5. The Labute approximate surface area is 130 Å². The van der Waals surface area contributed by atoms with Crippen molar-refractivity contribution >= 4 is 39.2 Å². The highest BCUT2D eigenvalue weighted by Gasteiger charge is 2.07. The van der Waals surface area contributed by atoms with Gasteiger partial charge in [0.2, 0.25) is 0 Å². The second-order valence-electron chi connectivity index (χ2n) is 4.01. The highest BCUT2D eigenvalue weighted by molar-refractivity contribution is 9.10. The highest BCUT2D eigenvalue weighted by Crippen LogP contribution is 2.11. The molecule has 1 heterocycles. The standard InChI is InChI=1S/C14H12BrN3OS/c15-12-5-1-4-11(7-12)13(19)18-14(20)17-9-10-3-2-6-16-8-10/h1-8H,9H2,(H2,17,18,19,20). The van der Waals surface area contributed by atoms with E-state index < -0.39 is 0 Å². The Kier molecular flexibility index (Phi) is 5.20. The van der Waals surface area contributed by atoms with Crippen LogP contribution in [0.4, 0.5) is 0 Å². The van der Waals surface area contributed by atoms with Gasteiger partial charge in [-0.3, -0.25) is 15.1 Å². The third-order valence-electron chi connectivity index (χ3n) is 2.49. The van der Waals surface area contributed by atoms with Crippen LogP contribution in [0.25, 0.3) is 0 Å². The van der Waals surface area contributed by atoms with Crippen LogP contribution in [0.15, 0.2) is 53.3 Å². The maximum atomic E-state index is 11.9. The summed E-state index contributed by atoms with van der Waals surface area (Å²) in [6.45, 7) is 0.519. The molecule has 0 radical (unpaired) electrons. The highest BCUT2D eigenvalue weighted by atomic mass is 79.9. The number of carbonyl (C=O) groups is 1. The summed E-state index contributed by atoms with van der Waals surface area (Å²) in [4.78, 5) is 16.0. The maximum Gasteiger partial charge on any atom is 0.257 e. The molecular weight excluding hydrogens is 338 g/mol. The fourth-order valence-electron chi connectivity index (χ4n) is 1.53. The van der Waals surface area contributed by atoms with E-state index in [0.717, 1.165) is 10.0 Å². The maximum absolute atomic E-state index is 11.9. The number of hydrogen-bond acceptors (Lipinski definition) is 3. The molecule has 0 saturated carbocycles. The number of rotatable bonds is 3. The van der Waals surface area contributed by atoms with E-state index in [1.54, 1.807) is 30.6 Å². The summed E-state index contributed by atoms with van der Waals surface area (Å²) in [6.07, 6.45) is 3.45. The zero-order valence-corrected chi connectivity index (χ0v) is 12.9. The molecular formula is C14H12BrN3OS. The van der Waals surface area contributed by atoms with Crippen molar-refractivity contribution in [2.75, 3.05) is 0 Å². The van der Waals surface area contributed by atoms with Gasteiger partial charge in [-0.15, -0.1) is 0 Å². The number of amides is 1. The van der Waals surface area contributed by atoms with Gasteiger partial charge in [0.1, 0.15) is 0 Å². The van der Waals surface area contributed by atoms with Gasteiger partial charge in [0.05, 0.1) is 0 Å². The summed E-state index contributed by atoms with van der Waals surface area (Å²) >= 11 is 8.41. The molecule has 0 spiro atoms. The van der Waals surface area contributed by atoms with Gasteiger partial charge in [-0.05, 0) is 42.0 Å². The Morgan fingerprint density at radius 2 is 2.15 bits per heavy atom. The van der Waals surface area contributed by atoms with E-state index in [-0.39, 0.29) is 5.91 Å². The van der Waals surface area contributed by atoms with Gasteiger partial charge in [-0.2, -0.15) is 0 Å². The number of hydrogen-bond donors (Lipinski definition) is 2. The van der Waals surface area contributed by atoms with Gasteiger partial charge in [0.25, 0.3) is 5.91 Å². The quantitative estimate of drug-likeness (QED) is 0.836. The number of pyridine rings is 1. The van der Waals surface area contributed by atoms with Crippen molar-refractivity contribution in [2.45, 2.75) is 6.54 Å². The smallest absolute Gasteiger partial charge is 0.257 e. The first-order valence-corrected chi connectivity index (χ1v) is 7.09. The fraction of sp³-hybridized carbons (Fsp3) is 0.0714. The molecule has 20 heavy (non-hydrogen) atoms. The molecule has 1 aromatic heterocycles. The first-order chi connectivity index (χ1) is 9.65. The van der Waals surface area contributed by atoms with E-state index in [4.69, 9.17) is 12.2 Å². The topological polar surface area (TPSA) is 54.0 Å². The lowest BCUT2D eigenvalue weighted by Gasteiger charge is -2.09. The van der Waals surface area contributed by atoms with Crippen molar-refractivity contribution in [3.8, 4) is 0 Å². The third kappa shape index (κ3) is 4.40. The fourth-order valence-corrected chi connectivity index (χ4v) is 2.10. The summed E-state index contributed by atoms with van der Waals surface area (Å²) in [5.74, 6) is -0.241. The molecule has 1 aromatic carbocycles. The van der Waals surface area contributed by atoms with Crippen LogP contribution in [0.5, 0.6) is 0 Å². The minimum atomic E-state index is -0.241. The van der Waals surface area contributed by atoms with Crippen LogP contribution < -0.4 is 10.6 Å². The molecule has 0 fully saturated rings. The number of halogens is 1. The summed E-state index contributed by atoms with van der Waals surface area (Å²) in [6, 6.07) is 10.9. The number of nitrogens with one attached hydrogen (secondary N) is 2. The zero-order chi connectivity index (χ0) is 14.4. The molecule has 2 rings (SSSR count). The first-order valence-electron chi connectivity index (χ1n) is 5.89. The van der Waals surface area contributed by atoms with Gasteiger partial charge in [0.15, 0.2) is 5.11 Å². The van der Waals surface area contributed by atoms with E-state index in [1.165, 1.54) is 0 Å². The van der Waals surface area contributed by atoms with Gasteiger partial charge in [-0.25, -0.2) is 0 Å². The molecule has 6 heteroatoms. The third-order valence-corrected chi connectivity index (χ3v) is 3.23. The molecule has 0 aliphatic rings. The van der Waals surface area contributed by atoms with Crippen molar-refractivity contribution in [1.29, 1.82) is 0 Å². The molecule has 0 atom stereocenters. The predicted molar refractivity (Wildman–Crippen MR) is 85.3 cm³/mol. The number of thiocarbonyl (C=S) groups is 1. The lowest BCUT2D eigenvalue weighted by Crippen LogP contribution is -2.38. The van der Waals surface area contributed by atoms with Crippen LogP contribution in [0.1, 0.15) is 15.9 Å². The van der Waals surface area contributed by atoms with Crippen molar-refractivity contribution in [3.05, 3.63) is 64.4 Å². The molecule has 4 nitrogen and oxygen atoms in total. The predicted octanol–water partition coefficient (Wildman–Crippen LogP) is 2.65. The van der Waals surface area contributed by atoms with Crippen LogP contribution >= 0.6 is 28.1 Å². The molecule has 2 aromatic rings. The Bertz CT molecular complexity index is 619. The van der Waals surface area contributed by atoms with E-state index in [0.29, 0.717) is 17.2 Å². The van der Waals surface area contributed by atoms with E-state index in [1.807, 2.05) is 18.2 Å². The van der Waals surface area contributed by atoms with Crippen molar-refractivity contribution in [2.24, 2.45) is 0 Å². The molecule has 102 valence electrons. The van der Waals surface area contributed by atoms with Crippen LogP contribution in [0, 0.1) is 0 Å². The minimum absolute atomic E-state index is 0.241. The monoisotopic (exact) mass is 349 g/mol. The molecule has 1 amide bonds. The van der Waals surface area contributed by atoms with Crippen LogP contribution in [0.2, 0.25) is 0 Å². The Morgan fingerprint density at radius 3 is 2.85 bits per heavy atom. The first kappa shape index (κ1) is 14.6. The molecule has 2 N–H and O–H groups in total. The molecule has 0 saturated heterocycles. The van der Waals surface area contributed by atoms with Crippen molar-refractivity contribution < 1.29 is 4.79 Å². The Hall–Kier alpha value is -1.79. The second kappa shape index (κ2) is 7.12. The van der Waals surface area contributed by atoms with Gasteiger partial charge >= 0.3 is 0 Å². The Balaban J connectivity index is 1.87. The van der Waals surface area contributed by atoms with Crippen molar-refractivity contribution in [1.82, 2.24) is 15.6 Å². The van der Waals surface area contributed by atoms with Gasteiger partial charge < -0.3 is 5.32 Å². The van der Waals surface area contributed by atoms with E-state index in [2.05, 4.69) is 31.5 Å². The van der Waals surface area contributed by atoms with Crippen LogP contribution in [0.3, 0.4) is 0 Å². The summed E-state index contributed by atoms with van der Waals surface area (Å²) in [7, 11) is 0. The average molecular weight is 350 g/mol. The Morgan fingerprint density at radius 1 is 1.30 bits per heavy atom.